The first kappa shape index (κ1) is 20.4. The van der Waals surface area contributed by atoms with E-state index >= 15 is 0 Å². The first-order chi connectivity index (χ1) is 14.2. The highest BCUT2D eigenvalue weighted by Crippen LogP contribution is 2.25. The van der Waals surface area contributed by atoms with Gasteiger partial charge in [0.2, 0.25) is 5.91 Å². The molecule has 2 aromatic rings. The van der Waals surface area contributed by atoms with Gasteiger partial charge >= 0.3 is 0 Å². The second-order valence-corrected chi connectivity index (χ2v) is 9.59. The zero-order valence-corrected chi connectivity index (χ0v) is 18.3. The van der Waals surface area contributed by atoms with Crippen LogP contribution in [0.1, 0.15) is 49.9 Å². The van der Waals surface area contributed by atoms with Crippen molar-refractivity contribution in [3.8, 4) is 0 Å². The number of hydrogen-bond donors (Lipinski definition) is 2. The van der Waals surface area contributed by atoms with Crippen molar-refractivity contribution in [1.29, 1.82) is 0 Å². The number of nitrogens with zero attached hydrogens (tertiary/aromatic N) is 1. The van der Waals surface area contributed by atoms with E-state index in [9.17, 15) is 4.79 Å². The number of thiophene rings is 1. The lowest BCUT2D eigenvalue weighted by Gasteiger charge is -2.39. The monoisotopic (exact) mass is 412 g/mol. The fourth-order valence-corrected chi connectivity index (χ4v) is 6.05. The van der Waals surface area contributed by atoms with E-state index in [1.807, 2.05) is 11.3 Å². The SMILES string of the molecule is C[C@@H](NC(=O)C1CCCCC1)[C@H](c1cccs1)[NH+]1CCN(c2ccccc2)CC1. The number of anilines is 1. The molecule has 4 rings (SSSR count). The second-order valence-electron chi connectivity index (χ2n) is 8.61. The van der Waals surface area contributed by atoms with Crippen molar-refractivity contribution in [2.45, 2.75) is 51.1 Å². The molecule has 0 radical (unpaired) electrons. The maximum Gasteiger partial charge on any atom is 0.223 e. The summed E-state index contributed by atoms with van der Waals surface area (Å²) in [7, 11) is 0. The molecule has 5 heteroatoms. The number of quaternary nitrogens is 1. The molecule has 2 atom stereocenters. The lowest BCUT2D eigenvalue weighted by atomic mass is 9.88. The number of nitrogens with one attached hydrogen (secondary N) is 2. The Balaban J connectivity index is 1.42. The number of para-hydroxylation sites is 1. The van der Waals surface area contributed by atoms with Crippen LogP contribution in [0.15, 0.2) is 47.8 Å². The number of amides is 1. The van der Waals surface area contributed by atoms with Crippen molar-refractivity contribution >= 4 is 22.9 Å². The van der Waals surface area contributed by atoms with Crippen LogP contribution in [-0.2, 0) is 4.79 Å². The summed E-state index contributed by atoms with van der Waals surface area (Å²) in [6.07, 6.45) is 5.81. The van der Waals surface area contributed by atoms with Gasteiger partial charge in [-0.05, 0) is 43.3 Å². The molecule has 1 saturated carbocycles. The van der Waals surface area contributed by atoms with Gasteiger partial charge in [0.1, 0.15) is 6.04 Å². The van der Waals surface area contributed by atoms with Gasteiger partial charge in [0.25, 0.3) is 0 Å². The van der Waals surface area contributed by atoms with Gasteiger partial charge in [0.15, 0.2) is 0 Å². The van der Waals surface area contributed by atoms with Crippen molar-refractivity contribution in [3.05, 3.63) is 52.7 Å². The van der Waals surface area contributed by atoms with Gasteiger partial charge in [0.05, 0.1) is 37.1 Å². The summed E-state index contributed by atoms with van der Waals surface area (Å²) in [5.41, 5.74) is 1.32. The topological polar surface area (TPSA) is 36.8 Å². The largest absolute Gasteiger partial charge is 0.360 e. The molecule has 4 nitrogen and oxygen atoms in total. The molecule has 0 bridgehead atoms. The Morgan fingerprint density at radius 2 is 1.79 bits per heavy atom. The molecule has 29 heavy (non-hydrogen) atoms. The first-order valence-electron chi connectivity index (χ1n) is 11.2. The molecular weight excluding hydrogens is 378 g/mol. The van der Waals surface area contributed by atoms with E-state index in [4.69, 9.17) is 0 Å². The number of carbonyl (C=O) groups excluding carboxylic acids is 1. The predicted octanol–water partition coefficient (Wildman–Crippen LogP) is 3.28. The Kier molecular flexibility index (Phi) is 6.88. The Hall–Kier alpha value is -1.85. The average Bonchev–Trinajstić information content (AvgIpc) is 3.30. The van der Waals surface area contributed by atoms with E-state index in [1.54, 1.807) is 4.90 Å². The molecule has 1 saturated heterocycles. The van der Waals surface area contributed by atoms with Crippen LogP contribution in [0.25, 0.3) is 0 Å². The third kappa shape index (κ3) is 5.01. The smallest absolute Gasteiger partial charge is 0.223 e. The zero-order chi connectivity index (χ0) is 20.1. The Morgan fingerprint density at radius 3 is 2.45 bits per heavy atom. The minimum Gasteiger partial charge on any atom is -0.360 e. The van der Waals surface area contributed by atoms with E-state index in [-0.39, 0.29) is 17.9 Å². The summed E-state index contributed by atoms with van der Waals surface area (Å²) >= 11 is 1.83. The summed E-state index contributed by atoms with van der Waals surface area (Å²) in [6, 6.07) is 15.6. The minimum absolute atomic E-state index is 0.154. The number of benzene rings is 1. The Morgan fingerprint density at radius 1 is 1.07 bits per heavy atom. The van der Waals surface area contributed by atoms with Crippen LogP contribution in [0.3, 0.4) is 0 Å². The molecule has 1 aromatic carbocycles. The predicted molar refractivity (Wildman–Crippen MR) is 121 cm³/mol. The molecule has 1 aromatic heterocycles. The molecule has 0 spiro atoms. The van der Waals surface area contributed by atoms with E-state index in [1.165, 1.54) is 29.8 Å². The Bertz CT molecular complexity index is 750. The molecule has 2 fully saturated rings. The lowest BCUT2D eigenvalue weighted by molar-refractivity contribution is -0.933. The molecule has 1 aliphatic carbocycles. The Labute approximate surface area is 178 Å². The molecule has 0 unspecified atom stereocenters. The van der Waals surface area contributed by atoms with Gasteiger partial charge in [-0.1, -0.05) is 43.5 Å². The van der Waals surface area contributed by atoms with E-state index in [2.05, 4.69) is 65.0 Å². The van der Waals surface area contributed by atoms with Crippen LogP contribution in [0.5, 0.6) is 0 Å². The number of rotatable bonds is 6. The van der Waals surface area contributed by atoms with Crippen LogP contribution in [0.2, 0.25) is 0 Å². The number of piperazine rings is 1. The molecule has 1 aliphatic heterocycles. The van der Waals surface area contributed by atoms with Crippen LogP contribution in [0.4, 0.5) is 5.69 Å². The summed E-state index contributed by atoms with van der Waals surface area (Å²) < 4.78 is 0. The highest BCUT2D eigenvalue weighted by Gasteiger charge is 2.35. The van der Waals surface area contributed by atoms with Crippen molar-refractivity contribution < 1.29 is 9.69 Å². The third-order valence-electron chi connectivity index (χ3n) is 6.66. The first-order valence-corrected chi connectivity index (χ1v) is 12.1. The van der Waals surface area contributed by atoms with Crippen molar-refractivity contribution in [2.75, 3.05) is 31.1 Å². The van der Waals surface area contributed by atoms with E-state index in [0.29, 0.717) is 6.04 Å². The number of carbonyl (C=O) groups is 1. The fraction of sp³-hybridized carbons (Fsp3) is 0.542. The van der Waals surface area contributed by atoms with Crippen LogP contribution < -0.4 is 15.1 Å². The normalized spacial score (nSPS) is 20.9. The van der Waals surface area contributed by atoms with Crippen LogP contribution in [0, 0.1) is 5.92 Å². The fourth-order valence-electron chi connectivity index (χ4n) is 5.06. The second kappa shape index (κ2) is 9.77. The van der Waals surface area contributed by atoms with Gasteiger partial charge in [-0.2, -0.15) is 0 Å². The zero-order valence-electron chi connectivity index (χ0n) is 17.5. The van der Waals surface area contributed by atoms with Crippen molar-refractivity contribution in [1.82, 2.24) is 5.32 Å². The maximum absolute atomic E-state index is 12.9. The lowest BCUT2D eigenvalue weighted by Crippen LogP contribution is -3.16. The maximum atomic E-state index is 12.9. The summed E-state index contributed by atoms with van der Waals surface area (Å²) in [5.74, 6) is 0.501. The molecule has 2 N–H and O–H groups in total. The average molecular weight is 413 g/mol. The highest BCUT2D eigenvalue weighted by atomic mass is 32.1. The standard InChI is InChI=1S/C24H33N3OS/c1-19(25-24(28)20-9-4-2-5-10-20)23(22-13-8-18-29-22)27-16-14-26(15-17-27)21-11-6-3-7-12-21/h3,6-8,11-13,18-20,23H,2,4-5,9-10,14-17H2,1H3,(H,25,28)/p+1/t19-,23-/m1/s1. The van der Waals surface area contributed by atoms with Gasteiger partial charge in [-0.15, -0.1) is 11.3 Å². The highest BCUT2D eigenvalue weighted by molar-refractivity contribution is 7.10. The summed E-state index contributed by atoms with van der Waals surface area (Å²) in [4.78, 5) is 18.4. The van der Waals surface area contributed by atoms with Crippen molar-refractivity contribution in [3.63, 3.8) is 0 Å². The summed E-state index contributed by atoms with van der Waals surface area (Å²) in [5, 5.41) is 5.58. The van der Waals surface area contributed by atoms with Gasteiger partial charge in [-0.3, -0.25) is 4.79 Å². The molecule has 2 heterocycles. The molecule has 2 aliphatic rings. The quantitative estimate of drug-likeness (QED) is 0.764. The molecule has 1 amide bonds. The van der Waals surface area contributed by atoms with Crippen LogP contribution >= 0.6 is 11.3 Å². The van der Waals surface area contributed by atoms with Gasteiger partial charge < -0.3 is 15.1 Å². The minimum atomic E-state index is 0.154. The van der Waals surface area contributed by atoms with Gasteiger partial charge in [0, 0.05) is 11.6 Å². The van der Waals surface area contributed by atoms with Crippen molar-refractivity contribution in [2.24, 2.45) is 5.92 Å². The summed E-state index contributed by atoms with van der Waals surface area (Å²) in [6.45, 7) is 6.53. The third-order valence-corrected chi connectivity index (χ3v) is 7.62. The van der Waals surface area contributed by atoms with Crippen LogP contribution in [-0.4, -0.2) is 38.1 Å². The van der Waals surface area contributed by atoms with E-state index < -0.39 is 0 Å². The van der Waals surface area contributed by atoms with E-state index in [0.717, 1.165) is 39.0 Å². The molecule has 156 valence electrons. The molecular formula is C24H34N3OS+. The van der Waals surface area contributed by atoms with Gasteiger partial charge in [-0.25, -0.2) is 0 Å². The number of hydrogen-bond acceptors (Lipinski definition) is 3.